The van der Waals surface area contributed by atoms with Crippen molar-refractivity contribution in [3.05, 3.63) is 60.0 Å². The molecule has 0 spiro atoms. The molecule has 8 heteroatoms. The third kappa shape index (κ3) is 3.42. The maximum atomic E-state index is 12.4. The van der Waals surface area contributed by atoms with Gasteiger partial charge in [-0.05, 0) is 24.6 Å². The van der Waals surface area contributed by atoms with Crippen molar-refractivity contribution in [1.29, 1.82) is 0 Å². The summed E-state index contributed by atoms with van der Waals surface area (Å²) in [7, 11) is 1.28. The van der Waals surface area contributed by atoms with Crippen molar-refractivity contribution in [2.45, 2.75) is 13.0 Å². The van der Waals surface area contributed by atoms with Gasteiger partial charge in [-0.2, -0.15) is 0 Å². The first-order valence-corrected chi connectivity index (χ1v) is 7.61. The molecule has 0 bridgehead atoms. The smallest absolute Gasteiger partial charge is 0.333 e. The number of nitrogens with one attached hydrogen (secondary N) is 2. The third-order valence-electron chi connectivity index (χ3n) is 3.70. The van der Waals surface area contributed by atoms with Crippen molar-refractivity contribution in [3.8, 4) is 0 Å². The van der Waals surface area contributed by atoms with E-state index < -0.39 is 18.0 Å². The first-order chi connectivity index (χ1) is 12.1. The van der Waals surface area contributed by atoms with E-state index in [-0.39, 0.29) is 0 Å². The molecule has 0 aliphatic rings. The fraction of sp³-hybridized carbons (Fsp3) is 0.176. The Bertz CT molecular complexity index is 907. The van der Waals surface area contributed by atoms with Crippen LogP contribution >= 0.6 is 0 Å². The average molecular weight is 339 g/mol. The molecule has 25 heavy (non-hydrogen) atoms. The molecule has 128 valence electrons. The van der Waals surface area contributed by atoms with Crippen LogP contribution in [0.5, 0.6) is 0 Å². The van der Waals surface area contributed by atoms with Gasteiger partial charge in [-0.25, -0.2) is 9.59 Å². The Morgan fingerprint density at radius 1 is 1.12 bits per heavy atom. The molecule has 1 atom stereocenters. The second-order valence-corrected chi connectivity index (χ2v) is 5.33. The lowest BCUT2D eigenvalue weighted by Gasteiger charge is -2.17. The predicted molar refractivity (Wildman–Crippen MR) is 91.1 cm³/mol. The molecule has 0 aliphatic heterocycles. The number of carbonyl (C=O) groups is 2. The van der Waals surface area contributed by atoms with Gasteiger partial charge in [0.25, 0.3) is 0 Å². The van der Waals surface area contributed by atoms with E-state index in [1.807, 2.05) is 13.0 Å². The molecule has 0 aliphatic carbocycles. The Morgan fingerprint density at radius 3 is 2.60 bits per heavy atom. The molecular weight excluding hydrogens is 322 g/mol. The van der Waals surface area contributed by atoms with Crippen molar-refractivity contribution < 1.29 is 14.3 Å². The van der Waals surface area contributed by atoms with E-state index in [0.29, 0.717) is 22.7 Å². The van der Waals surface area contributed by atoms with Crippen molar-refractivity contribution in [3.63, 3.8) is 0 Å². The lowest BCUT2D eigenvalue weighted by atomic mass is 10.1. The molecule has 0 unspecified atom stereocenters. The molecule has 0 radical (unpaired) electrons. The Hall–Kier alpha value is -3.42. The molecule has 3 rings (SSSR count). The highest BCUT2D eigenvalue weighted by molar-refractivity contribution is 5.95. The summed E-state index contributed by atoms with van der Waals surface area (Å²) < 4.78 is 6.54. The topological polar surface area (TPSA) is 97.6 Å². The Labute approximate surface area is 143 Å². The summed E-state index contributed by atoms with van der Waals surface area (Å²) >= 11 is 0. The van der Waals surface area contributed by atoms with Crippen molar-refractivity contribution in [2.24, 2.45) is 0 Å². The summed E-state index contributed by atoms with van der Waals surface area (Å²) in [6, 6.07) is 10.9. The lowest BCUT2D eigenvalue weighted by Crippen LogP contribution is -2.37. The SMILES string of the molecule is COC(=O)[C@@H](NC(=O)Nc1cccn2c(C)nnc12)c1ccccc1. The number of pyridine rings is 1. The van der Waals surface area contributed by atoms with Crippen LogP contribution in [0.2, 0.25) is 0 Å². The quantitative estimate of drug-likeness (QED) is 0.709. The molecule has 0 saturated heterocycles. The monoisotopic (exact) mass is 339 g/mol. The van der Waals surface area contributed by atoms with Crippen LogP contribution in [0.3, 0.4) is 0 Å². The number of hydrogen-bond donors (Lipinski definition) is 2. The second-order valence-electron chi connectivity index (χ2n) is 5.33. The first kappa shape index (κ1) is 16.4. The van der Waals surface area contributed by atoms with Gasteiger partial charge in [0, 0.05) is 6.20 Å². The summed E-state index contributed by atoms with van der Waals surface area (Å²) in [6.45, 7) is 1.81. The number of aromatic nitrogens is 3. The molecule has 2 amide bonds. The minimum Gasteiger partial charge on any atom is -0.467 e. The van der Waals surface area contributed by atoms with E-state index in [9.17, 15) is 9.59 Å². The van der Waals surface area contributed by atoms with Crippen LogP contribution in [-0.4, -0.2) is 33.7 Å². The highest BCUT2D eigenvalue weighted by Crippen LogP contribution is 2.17. The molecular formula is C17H17N5O3. The van der Waals surface area contributed by atoms with E-state index in [4.69, 9.17) is 4.74 Å². The molecule has 1 aromatic carbocycles. The molecule has 2 aromatic heterocycles. The zero-order valence-electron chi connectivity index (χ0n) is 13.8. The van der Waals surface area contributed by atoms with Crippen LogP contribution in [0.15, 0.2) is 48.7 Å². The lowest BCUT2D eigenvalue weighted by molar-refractivity contribution is -0.143. The van der Waals surface area contributed by atoms with Crippen molar-refractivity contribution >= 4 is 23.3 Å². The molecule has 3 aromatic rings. The van der Waals surface area contributed by atoms with Gasteiger partial charge >= 0.3 is 12.0 Å². The molecule has 0 saturated carbocycles. The number of benzene rings is 1. The number of fused-ring (bicyclic) bond motifs is 1. The number of aryl methyl sites for hydroxylation is 1. The Morgan fingerprint density at radius 2 is 1.88 bits per heavy atom. The summed E-state index contributed by atoms with van der Waals surface area (Å²) in [5, 5.41) is 13.3. The number of hydrogen-bond acceptors (Lipinski definition) is 5. The number of urea groups is 1. The van der Waals surface area contributed by atoms with Gasteiger partial charge in [0.1, 0.15) is 5.82 Å². The Kier molecular flexibility index (Phi) is 4.60. The van der Waals surface area contributed by atoms with E-state index >= 15 is 0 Å². The molecule has 8 nitrogen and oxygen atoms in total. The highest BCUT2D eigenvalue weighted by atomic mass is 16.5. The fourth-order valence-corrected chi connectivity index (χ4v) is 2.46. The van der Waals surface area contributed by atoms with Crippen molar-refractivity contribution in [1.82, 2.24) is 19.9 Å². The van der Waals surface area contributed by atoms with Gasteiger partial charge in [-0.1, -0.05) is 30.3 Å². The summed E-state index contributed by atoms with van der Waals surface area (Å²) in [5.74, 6) is 0.147. The number of carbonyl (C=O) groups excluding carboxylic acids is 2. The Balaban J connectivity index is 1.81. The van der Waals surface area contributed by atoms with Crippen LogP contribution < -0.4 is 10.6 Å². The number of amides is 2. The van der Waals surface area contributed by atoms with Crippen LogP contribution in [0.1, 0.15) is 17.4 Å². The van der Waals surface area contributed by atoms with E-state index in [0.717, 1.165) is 0 Å². The average Bonchev–Trinajstić information content (AvgIpc) is 3.02. The highest BCUT2D eigenvalue weighted by Gasteiger charge is 2.23. The third-order valence-corrected chi connectivity index (χ3v) is 3.70. The molecule has 2 heterocycles. The van der Waals surface area contributed by atoms with Crippen LogP contribution in [-0.2, 0) is 9.53 Å². The van der Waals surface area contributed by atoms with Gasteiger partial charge in [0.15, 0.2) is 11.7 Å². The maximum Gasteiger partial charge on any atom is 0.333 e. The van der Waals surface area contributed by atoms with Gasteiger partial charge in [0.05, 0.1) is 12.8 Å². The van der Waals surface area contributed by atoms with Crippen molar-refractivity contribution in [2.75, 3.05) is 12.4 Å². The zero-order valence-corrected chi connectivity index (χ0v) is 13.8. The number of rotatable bonds is 4. The standard InChI is InChI=1S/C17H17N5O3/c1-11-20-21-15-13(9-6-10-22(11)15)18-17(24)19-14(16(23)25-2)12-7-4-3-5-8-12/h3-10,14H,1-2H3,(H2,18,19,24)/t14-/m0/s1. The number of esters is 1. The number of ether oxygens (including phenoxy) is 1. The second kappa shape index (κ2) is 7.00. The molecule has 0 fully saturated rings. The summed E-state index contributed by atoms with van der Waals surface area (Å²) in [4.78, 5) is 24.4. The summed E-state index contributed by atoms with van der Waals surface area (Å²) in [5.41, 5.74) is 1.63. The van der Waals surface area contributed by atoms with Crippen LogP contribution in [0.4, 0.5) is 10.5 Å². The fourth-order valence-electron chi connectivity index (χ4n) is 2.46. The van der Waals surface area contributed by atoms with Gasteiger partial charge < -0.3 is 15.4 Å². The zero-order chi connectivity index (χ0) is 17.8. The van der Waals surface area contributed by atoms with Gasteiger partial charge in [-0.15, -0.1) is 10.2 Å². The van der Waals surface area contributed by atoms with Gasteiger partial charge in [0.2, 0.25) is 0 Å². The maximum absolute atomic E-state index is 12.4. The molecule has 2 N–H and O–H groups in total. The normalized spacial score (nSPS) is 11.8. The van der Waals surface area contributed by atoms with E-state index in [1.165, 1.54) is 7.11 Å². The van der Waals surface area contributed by atoms with Crippen LogP contribution in [0, 0.1) is 6.92 Å². The number of anilines is 1. The van der Waals surface area contributed by atoms with E-state index in [2.05, 4.69) is 20.8 Å². The number of nitrogens with zero attached hydrogens (tertiary/aromatic N) is 3. The first-order valence-electron chi connectivity index (χ1n) is 7.61. The van der Waals surface area contributed by atoms with E-state index in [1.54, 1.807) is 47.0 Å². The summed E-state index contributed by atoms with van der Waals surface area (Å²) in [6.07, 6.45) is 1.80. The minimum atomic E-state index is -0.912. The van der Waals surface area contributed by atoms with Crippen LogP contribution in [0.25, 0.3) is 5.65 Å². The largest absolute Gasteiger partial charge is 0.467 e. The number of methoxy groups -OCH3 is 1. The van der Waals surface area contributed by atoms with Gasteiger partial charge in [-0.3, -0.25) is 4.40 Å². The minimum absolute atomic E-state index is 0.484. The predicted octanol–water partition coefficient (Wildman–Crippen LogP) is 2.07.